The summed E-state index contributed by atoms with van der Waals surface area (Å²) >= 11 is 12.9. The molecule has 0 bridgehead atoms. The Morgan fingerprint density at radius 1 is 0.950 bits per heavy atom. The Balaban J connectivity index is 1.34. The van der Waals surface area contributed by atoms with Gasteiger partial charge in [0, 0.05) is 62.5 Å². The first-order valence-corrected chi connectivity index (χ1v) is 14.4. The van der Waals surface area contributed by atoms with Gasteiger partial charge >= 0.3 is 0 Å². The van der Waals surface area contributed by atoms with Gasteiger partial charge < -0.3 is 14.7 Å². The van der Waals surface area contributed by atoms with E-state index in [9.17, 15) is 9.18 Å². The number of nitrogens with zero attached hydrogens (tertiary/aromatic N) is 5. The molecular formula is C31H32Cl2FN5O. The number of carbonyl (C=O) groups excluding carboxylic acids is 1. The molecule has 4 aromatic rings. The molecule has 208 valence electrons. The van der Waals surface area contributed by atoms with E-state index in [0.29, 0.717) is 79.2 Å². The Bertz CT molecular complexity index is 1480. The van der Waals surface area contributed by atoms with Crippen molar-refractivity contribution in [2.24, 2.45) is 0 Å². The van der Waals surface area contributed by atoms with Crippen molar-refractivity contribution in [1.29, 1.82) is 0 Å². The number of piperazine rings is 1. The zero-order valence-electron chi connectivity index (χ0n) is 22.5. The summed E-state index contributed by atoms with van der Waals surface area (Å²) in [6.07, 6.45) is 1.77. The number of amides is 1. The second-order valence-electron chi connectivity index (χ2n) is 9.89. The smallest absolute Gasteiger partial charge is 0.224 e. The third-order valence-electron chi connectivity index (χ3n) is 7.29. The zero-order valence-corrected chi connectivity index (χ0v) is 24.0. The van der Waals surface area contributed by atoms with E-state index in [1.54, 1.807) is 18.2 Å². The Labute approximate surface area is 244 Å². The van der Waals surface area contributed by atoms with E-state index in [2.05, 4.69) is 22.0 Å². The van der Waals surface area contributed by atoms with Crippen molar-refractivity contribution < 1.29 is 9.18 Å². The van der Waals surface area contributed by atoms with Gasteiger partial charge in [-0.2, -0.15) is 0 Å². The van der Waals surface area contributed by atoms with Gasteiger partial charge in [-0.05, 0) is 36.2 Å². The average molecular weight is 581 g/mol. The van der Waals surface area contributed by atoms with Crippen molar-refractivity contribution in [2.75, 3.05) is 49.1 Å². The number of fused-ring (bicyclic) bond motifs is 1. The Hall–Kier alpha value is -3.42. The van der Waals surface area contributed by atoms with Crippen LogP contribution in [0.25, 0.3) is 10.9 Å². The summed E-state index contributed by atoms with van der Waals surface area (Å²) in [6.45, 7) is 5.46. The molecule has 1 aliphatic heterocycles. The molecule has 1 aromatic heterocycles. The predicted octanol–water partition coefficient (Wildman–Crippen LogP) is 6.43. The molecule has 0 unspecified atom stereocenters. The van der Waals surface area contributed by atoms with Crippen molar-refractivity contribution in [2.45, 2.75) is 26.2 Å². The molecule has 3 aromatic carbocycles. The minimum atomic E-state index is -0.236. The highest BCUT2D eigenvalue weighted by molar-refractivity contribution is 6.38. The van der Waals surface area contributed by atoms with Gasteiger partial charge in [-0.1, -0.05) is 72.6 Å². The number of para-hydroxylation sites is 1. The van der Waals surface area contributed by atoms with Gasteiger partial charge in [0.15, 0.2) is 0 Å². The summed E-state index contributed by atoms with van der Waals surface area (Å²) in [5, 5.41) is 1.76. The molecule has 0 radical (unpaired) electrons. The molecule has 0 atom stereocenters. The molecule has 1 amide bonds. The molecule has 1 saturated heterocycles. The van der Waals surface area contributed by atoms with Crippen LogP contribution >= 0.6 is 23.2 Å². The number of hydrogen-bond donors (Lipinski definition) is 0. The maximum absolute atomic E-state index is 14.3. The van der Waals surface area contributed by atoms with Crippen LogP contribution in [0.3, 0.4) is 0 Å². The lowest BCUT2D eigenvalue weighted by molar-refractivity contribution is -0.131. The molecule has 0 N–H and O–H groups in total. The van der Waals surface area contributed by atoms with Crippen molar-refractivity contribution in [1.82, 2.24) is 14.9 Å². The van der Waals surface area contributed by atoms with Gasteiger partial charge in [0.1, 0.15) is 17.5 Å². The minimum Gasteiger partial charge on any atom is -0.366 e. The highest BCUT2D eigenvalue weighted by Gasteiger charge is 2.24. The fourth-order valence-corrected chi connectivity index (χ4v) is 5.65. The molecule has 2 heterocycles. The monoisotopic (exact) mass is 579 g/mol. The molecule has 0 spiro atoms. The van der Waals surface area contributed by atoms with Crippen LogP contribution in [-0.2, 0) is 17.6 Å². The van der Waals surface area contributed by atoms with E-state index in [4.69, 9.17) is 28.2 Å². The van der Waals surface area contributed by atoms with Crippen LogP contribution < -0.4 is 9.80 Å². The molecule has 1 fully saturated rings. The van der Waals surface area contributed by atoms with Gasteiger partial charge in [0.25, 0.3) is 0 Å². The van der Waals surface area contributed by atoms with Crippen LogP contribution in [0, 0.1) is 5.82 Å². The van der Waals surface area contributed by atoms with Gasteiger partial charge in [0.05, 0.1) is 16.2 Å². The summed E-state index contributed by atoms with van der Waals surface area (Å²) in [4.78, 5) is 28.9. The third-order valence-corrected chi connectivity index (χ3v) is 7.80. The van der Waals surface area contributed by atoms with Gasteiger partial charge in [-0.15, -0.1) is 0 Å². The normalized spacial score (nSPS) is 13.6. The van der Waals surface area contributed by atoms with Gasteiger partial charge in [-0.25, -0.2) is 14.4 Å². The van der Waals surface area contributed by atoms with Gasteiger partial charge in [-0.3, -0.25) is 4.79 Å². The zero-order chi connectivity index (χ0) is 28.1. The summed E-state index contributed by atoms with van der Waals surface area (Å²) in [5.74, 6) is 1.26. The Morgan fingerprint density at radius 3 is 2.40 bits per heavy atom. The van der Waals surface area contributed by atoms with Crippen molar-refractivity contribution >= 4 is 51.5 Å². The van der Waals surface area contributed by atoms with E-state index in [0.717, 1.165) is 17.6 Å². The molecule has 9 heteroatoms. The second-order valence-corrected chi connectivity index (χ2v) is 10.7. The van der Waals surface area contributed by atoms with E-state index < -0.39 is 0 Å². The van der Waals surface area contributed by atoms with E-state index in [-0.39, 0.29) is 11.7 Å². The number of carbonyl (C=O) groups is 1. The standard InChI is InChI=1S/C31H32Cl2FN5O/c1-2-28-35-30-24(20-23(32)21-25(30)33)31(36-28)39(14-12-22-8-4-3-5-9-22)15-13-29(40)38-18-16-37(17-19-38)27-11-7-6-10-26(27)34/h3-11,20-21H,2,12-19H2,1H3. The topological polar surface area (TPSA) is 52.6 Å². The SMILES string of the molecule is CCc1nc(N(CCC(=O)N2CCN(c3ccccc3F)CC2)CCc2ccccc2)c2cc(Cl)cc(Cl)c2n1. The molecule has 6 nitrogen and oxygen atoms in total. The number of anilines is 2. The molecular weight excluding hydrogens is 548 g/mol. The fraction of sp³-hybridized carbons (Fsp3) is 0.323. The Morgan fingerprint density at radius 2 is 1.68 bits per heavy atom. The van der Waals surface area contributed by atoms with E-state index >= 15 is 0 Å². The van der Waals surface area contributed by atoms with Crippen LogP contribution in [0.2, 0.25) is 10.0 Å². The molecule has 40 heavy (non-hydrogen) atoms. The van der Waals surface area contributed by atoms with Crippen molar-refractivity contribution in [3.63, 3.8) is 0 Å². The molecule has 5 rings (SSSR count). The summed E-state index contributed by atoms with van der Waals surface area (Å²) in [5.41, 5.74) is 2.45. The number of rotatable bonds is 9. The largest absolute Gasteiger partial charge is 0.366 e. The lowest BCUT2D eigenvalue weighted by Gasteiger charge is -2.36. The molecule has 0 saturated carbocycles. The van der Waals surface area contributed by atoms with Crippen LogP contribution in [0.4, 0.5) is 15.9 Å². The first-order chi connectivity index (χ1) is 19.4. The maximum Gasteiger partial charge on any atom is 0.224 e. The molecule has 1 aliphatic rings. The number of aromatic nitrogens is 2. The number of halogens is 3. The van der Waals surface area contributed by atoms with Crippen LogP contribution in [0.15, 0.2) is 66.7 Å². The van der Waals surface area contributed by atoms with Crippen molar-refractivity contribution in [3.05, 3.63) is 94.0 Å². The average Bonchev–Trinajstić information content (AvgIpc) is 2.97. The van der Waals surface area contributed by atoms with E-state index in [1.807, 2.05) is 47.1 Å². The van der Waals surface area contributed by atoms with Crippen LogP contribution in [0.1, 0.15) is 24.7 Å². The fourth-order valence-electron chi connectivity index (χ4n) is 5.11. The first-order valence-electron chi connectivity index (χ1n) is 13.6. The van der Waals surface area contributed by atoms with Crippen LogP contribution in [0.5, 0.6) is 0 Å². The second kappa shape index (κ2) is 12.8. The van der Waals surface area contributed by atoms with Gasteiger partial charge in [0.2, 0.25) is 5.91 Å². The first kappa shape index (κ1) is 28.1. The lowest BCUT2D eigenvalue weighted by atomic mass is 10.1. The van der Waals surface area contributed by atoms with Crippen molar-refractivity contribution in [3.8, 4) is 0 Å². The highest BCUT2D eigenvalue weighted by Crippen LogP contribution is 2.33. The van der Waals surface area contributed by atoms with Crippen LogP contribution in [-0.4, -0.2) is 60.0 Å². The predicted molar refractivity (Wildman–Crippen MR) is 161 cm³/mol. The Kier molecular flexibility index (Phi) is 9.02. The quantitative estimate of drug-likeness (QED) is 0.229. The minimum absolute atomic E-state index is 0.0723. The maximum atomic E-state index is 14.3. The highest BCUT2D eigenvalue weighted by atomic mass is 35.5. The summed E-state index contributed by atoms with van der Waals surface area (Å²) < 4.78 is 14.3. The van der Waals surface area contributed by atoms with E-state index in [1.165, 1.54) is 11.6 Å². The summed E-state index contributed by atoms with van der Waals surface area (Å²) in [6, 6.07) is 20.6. The summed E-state index contributed by atoms with van der Waals surface area (Å²) in [7, 11) is 0. The third kappa shape index (κ3) is 6.48. The molecule has 0 aliphatic carbocycles. The number of aryl methyl sites for hydroxylation is 1. The number of hydrogen-bond acceptors (Lipinski definition) is 5. The lowest BCUT2D eigenvalue weighted by Crippen LogP contribution is -2.49. The number of benzene rings is 3.